The van der Waals surface area contributed by atoms with Crippen LogP contribution in [0.15, 0.2) is 12.1 Å². The number of carbonyl (C=O) groups is 2. The Balaban J connectivity index is 1.74. The fraction of sp³-hybridized carbons (Fsp3) is 0.600. The first kappa shape index (κ1) is 16.0. The maximum absolute atomic E-state index is 13.2. The minimum absolute atomic E-state index is 0.0507. The third-order valence-electron chi connectivity index (χ3n) is 6.12. The molecule has 1 aromatic rings. The number of nitrogens with zero attached hydrogens (tertiary/aromatic N) is 1. The minimum Gasteiger partial charge on any atom is -0.298 e. The first-order valence-corrected chi connectivity index (χ1v) is 8.83. The van der Waals surface area contributed by atoms with Crippen molar-refractivity contribution in [2.45, 2.75) is 71.1 Å². The van der Waals surface area contributed by atoms with Crippen molar-refractivity contribution in [3.8, 4) is 0 Å². The molecule has 0 aromatic heterocycles. The molecule has 2 aliphatic heterocycles. The second-order valence-electron chi connectivity index (χ2n) is 8.35. The quantitative estimate of drug-likeness (QED) is 0.744. The lowest BCUT2D eigenvalue weighted by Crippen LogP contribution is -2.41. The Kier molecular flexibility index (Phi) is 3.32. The van der Waals surface area contributed by atoms with Crippen LogP contribution in [0.1, 0.15) is 54.9 Å². The maximum Gasteiger partial charge on any atom is 0.179 e. The standard InChI is InChI=1S/C20H25NO3/c1-10-8-11(2)14(12(3)9-10)16-17(22)15-13-6-7-20(4,5)21(13)24-19(15)18(16)23/h8-9,13,15-16,19H,6-7H2,1-5H3. The molecule has 1 saturated carbocycles. The van der Waals surface area contributed by atoms with E-state index < -0.39 is 12.0 Å². The molecule has 0 bridgehead atoms. The maximum atomic E-state index is 13.2. The number of ketones is 2. The van der Waals surface area contributed by atoms with Crippen LogP contribution in [-0.4, -0.2) is 34.3 Å². The molecule has 0 amide bonds. The van der Waals surface area contributed by atoms with Crippen molar-refractivity contribution < 1.29 is 14.4 Å². The highest BCUT2D eigenvalue weighted by atomic mass is 16.7. The van der Waals surface area contributed by atoms with Crippen LogP contribution in [0.3, 0.4) is 0 Å². The number of benzene rings is 1. The van der Waals surface area contributed by atoms with Gasteiger partial charge in [-0.15, -0.1) is 0 Å². The summed E-state index contributed by atoms with van der Waals surface area (Å²) in [5.74, 6) is -0.939. The van der Waals surface area contributed by atoms with Gasteiger partial charge in [0.05, 0.1) is 5.92 Å². The molecule has 3 aliphatic rings. The Morgan fingerprint density at radius 1 is 1.08 bits per heavy atom. The topological polar surface area (TPSA) is 46.6 Å². The minimum atomic E-state index is -0.647. The summed E-state index contributed by atoms with van der Waals surface area (Å²) in [5.41, 5.74) is 4.02. The van der Waals surface area contributed by atoms with E-state index in [1.165, 1.54) is 0 Å². The van der Waals surface area contributed by atoms with Gasteiger partial charge in [0.15, 0.2) is 11.6 Å². The summed E-state index contributed by atoms with van der Waals surface area (Å²) >= 11 is 0. The van der Waals surface area contributed by atoms with Gasteiger partial charge in [-0.05, 0) is 64.2 Å². The van der Waals surface area contributed by atoms with E-state index in [1.807, 2.05) is 25.8 Å². The first-order valence-electron chi connectivity index (χ1n) is 8.83. The van der Waals surface area contributed by atoms with Gasteiger partial charge in [-0.25, -0.2) is 0 Å². The van der Waals surface area contributed by atoms with Gasteiger partial charge < -0.3 is 0 Å². The normalized spacial score (nSPS) is 34.7. The van der Waals surface area contributed by atoms with E-state index in [-0.39, 0.29) is 29.1 Å². The molecule has 0 N–H and O–H groups in total. The van der Waals surface area contributed by atoms with Crippen molar-refractivity contribution in [3.05, 3.63) is 34.4 Å². The van der Waals surface area contributed by atoms with E-state index in [0.29, 0.717) is 0 Å². The third-order valence-corrected chi connectivity index (χ3v) is 6.12. The molecule has 3 fully saturated rings. The van der Waals surface area contributed by atoms with Crippen LogP contribution in [0.2, 0.25) is 0 Å². The van der Waals surface area contributed by atoms with Crippen LogP contribution in [0.25, 0.3) is 0 Å². The van der Waals surface area contributed by atoms with Crippen molar-refractivity contribution in [3.63, 3.8) is 0 Å². The molecular weight excluding hydrogens is 302 g/mol. The molecule has 128 valence electrons. The summed E-state index contributed by atoms with van der Waals surface area (Å²) < 4.78 is 0. The molecule has 0 spiro atoms. The Morgan fingerprint density at radius 3 is 2.33 bits per heavy atom. The predicted octanol–water partition coefficient (Wildman–Crippen LogP) is 3.02. The van der Waals surface area contributed by atoms with Crippen molar-refractivity contribution >= 4 is 11.6 Å². The molecule has 2 heterocycles. The molecule has 1 aromatic carbocycles. The number of fused-ring (bicyclic) bond motifs is 3. The predicted molar refractivity (Wildman–Crippen MR) is 90.7 cm³/mol. The lowest BCUT2D eigenvalue weighted by molar-refractivity contribution is -0.198. The van der Waals surface area contributed by atoms with Crippen molar-refractivity contribution in [2.75, 3.05) is 0 Å². The molecule has 4 heteroatoms. The monoisotopic (exact) mass is 327 g/mol. The molecule has 1 aliphatic carbocycles. The van der Waals surface area contributed by atoms with Gasteiger partial charge in [-0.2, -0.15) is 5.06 Å². The number of hydrogen-bond donors (Lipinski definition) is 0. The fourth-order valence-corrected chi connectivity index (χ4v) is 5.11. The van der Waals surface area contributed by atoms with Crippen LogP contribution in [0.4, 0.5) is 0 Å². The average Bonchev–Trinajstić information content (AvgIpc) is 3.06. The fourth-order valence-electron chi connectivity index (χ4n) is 5.11. The van der Waals surface area contributed by atoms with Crippen LogP contribution >= 0.6 is 0 Å². The van der Waals surface area contributed by atoms with Gasteiger partial charge in [-0.3, -0.25) is 14.4 Å². The second kappa shape index (κ2) is 4.99. The molecule has 4 rings (SSSR count). The lowest BCUT2D eigenvalue weighted by Gasteiger charge is -2.30. The number of hydroxylamine groups is 2. The molecule has 4 atom stereocenters. The Bertz CT molecular complexity index is 728. The molecule has 0 radical (unpaired) electrons. The number of carbonyl (C=O) groups excluding carboxylic acids is 2. The molecule has 4 unspecified atom stereocenters. The average molecular weight is 327 g/mol. The first-order chi connectivity index (χ1) is 11.2. The largest absolute Gasteiger partial charge is 0.298 e. The van der Waals surface area contributed by atoms with E-state index in [1.54, 1.807) is 0 Å². The lowest BCUT2D eigenvalue weighted by atomic mass is 9.85. The number of rotatable bonds is 1. The summed E-state index contributed by atoms with van der Waals surface area (Å²) in [5, 5.41) is 1.93. The van der Waals surface area contributed by atoms with Crippen molar-refractivity contribution in [1.82, 2.24) is 5.06 Å². The van der Waals surface area contributed by atoms with Crippen molar-refractivity contribution in [1.29, 1.82) is 0 Å². The van der Waals surface area contributed by atoms with Gasteiger partial charge in [0.25, 0.3) is 0 Å². The smallest absolute Gasteiger partial charge is 0.179 e. The highest BCUT2D eigenvalue weighted by Crippen LogP contribution is 2.50. The second-order valence-corrected chi connectivity index (χ2v) is 8.35. The van der Waals surface area contributed by atoms with E-state index in [0.717, 1.165) is 35.1 Å². The summed E-state index contributed by atoms with van der Waals surface area (Å²) in [6.45, 7) is 10.3. The van der Waals surface area contributed by atoms with Gasteiger partial charge in [-0.1, -0.05) is 17.7 Å². The highest BCUT2D eigenvalue weighted by Gasteiger charge is 2.64. The molecule has 24 heavy (non-hydrogen) atoms. The SMILES string of the molecule is Cc1cc(C)c(C2C(=O)C3ON4C(CCC4(C)C)C3C2=O)c(C)c1. The Morgan fingerprint density at radius 2 is 1.71 bits per heavy atom. The zero-order chi connectivity index (χ0) is 17.4. The van der Waals surface area contributed by atoms with E-state index in [4.69, 9.17) is 4.84 Å². The summed E-state index contributed by atoms with van der Waals surface area (Å²) in [6, 6.07) is 4.17. The molecular formula is C20H25NO3. The summed E-state index contributed by atoms with van der Waals surface area (Å²) in [7, 11) is 0. The van der Waals surface area contributed by atoms with Crippen LogP contribution in [0.5, 0.6) is 0 Å². The van der Waals surface area contributed by atoms with Crippen molar-refractivity contribution in [2.24, 2.45) is 5.92 Å². The number of hydrogen-bond acceptors (Lipinski definition) is 4. The summed E-state index contributed by atoms with van der Waals surface area (Å²) in [6.07, 6.45) is 1.33. The van der Waals surface area contributed by atoms with Gasteiger partial charge >= 0.3 is 0 Å². The zero-order valence-electron chi connectivity index (χ0n) is 15.1. The molecule has 2 saturated heterocycles. The highest BCUT2D eigenvalue weighted by molar-refractivity contribution is 6.18. The number of aryl methyl sites for hydroxylation is 3. The summed E-state index contributed by atoms with van der Waals surface area (Å²) in [4.78, 5) is 32.3. The molecule has 4 nitrogen and oxygen atoms in total. The van der Waals surface area contributed by atoms with Crippen LogP contribution in [-0.2, 0) is 14.4 Å². The van der Waals surface area contributed by atoms with Gasteiger partial charge in [0.1, 0.15) is 12.0 Å². The van der Waals surface area contributed by atoms with E-state index >= 15 is 0 Å². The Hall–Kier alpha value is -1.52. The van der Waals surface area contributed by atoms with Crippen LogP contribution in [0, 0.1) is 26.7 Å². The van der Waals surface area contributed by atoms with Gasteiger partial charge in [0.2, 0.25) is 0 Å². The number of Topliss-reactive ketones (excluding diaryl/α,β-unsaturated/α-hetero) is 2. The van der Waals surface area contributed by atoms with E-state index in [9.17, 15) is 9.59 Å². The third kappa shape index (κ3) is 1.99. The van der Waals surface area contributed by atoms with E-state index in [2.05, 4.69) is 26.0 Å². The Labute approximate surface area is 143 Å². The van der Waals surface area contributed by atoms with Gasteiger partial charge in [0, 0.05) is 11.6 Å². The zero-order valence-corrected chi connectivity index (χ0v) is 15.1. The van der Waals surface area contributed by atoms with Crippen LogP contribution < -0.4 is 0 Å².